The summed E-state index contributed by atoms with van der Waals surface area (Å²) >= 11 is 0. The molecule has 0 aromatic heterocycles. The maximum atomic E-state index is 10.7. The summed E-state index contributed by atoms with van der Waals surface area (Å²) in [6.45, 7) is 1.53. The number of ether oxygens (including phenoxy) is 2. The normalized spacial score (nSPS) is 10.6. The molecule has 20 heavy (non-hydrogen) atoms. The molecule has 0 spiro atoms. The zero-order valence-electron chi connectivity index (χ0n) is 12.4. The number of nitrogens with zero attached hydrogens (tertiary/aromatic N) is 1. The average molecular weight is 281 g/mol. The molecule has 0 aliphatic rings. The van der Waals surface area contributed by atoms with Gasteiger partial charge in [-0.05, 0) is 38.6 Å². The van der Waals surface area contributed by atoms with E-state index in [0.717, 1.165) is 18.5 Å². The van der Waals surface area contributed by atoms with Crippen molar-refractivity contribution < 1.29 is 19.4 Å². The molecule has 0 atom stereocenters. The minimum absolute atomic E-state index is 0.0845. The predicted molar refractivity (Wildman–Crippen MR) is 77.6 cm³/mol. The number of aryl methyl sites for hydroxylation is 1. The Bertz CT molecular complexity index is 432. The summed E-state index contributed by atoms with van der Waals surface area (Å²) < 4.78 is 11.1. The number of carbonyl (C=O) groups is 1. The first-order valence-corrected chi connectivity index (χ1v) is 6.69. The van der Waals surface area contributed by atoms with Gasteiger partial charge in [0, 0.05) is 13.0 Å². The van der Waals surface area contributed by atoms with E-state index in [1.807, 2.05) is 32.3 Å². The van der Waals surface area contributed by atoms with Crippen LogP contribution in [0.4, 0.5) is 0 Å². The van der Waals surface area contributed by atoms with Crippen molar-refractivity contribution in [2.24, 2.45) is 0 Å². The Morgan fingerprint density at radius 1 is 1.35 bits per heavy atom. The molecular weight excluding hydrogens is 258 g/mol. The Balaban J connectivity index is 2.70. The van der Waals surface area contributed by atoms with Gasteiger partial charge in [0.25, 0.3) is 0 Å². The molecule has 5 heteroatoms. The van der Waals surface area contributed by atoms with Crippen LogP contribution >= 0.6 is 0 Å². The quantitative estimate of drug-likeness (QED) is 0.702. The van der Waals surface area contributed by atoms with Crippen molar-refractivity contribution in [2.45, 2.75) is 19.3 Å². The molecule has 5 nitrogen and oxygen atoms in total. The largest absolute Gasteiger partial charge is 0.493 e. The number of hydrogen-bond acceptors (Lipinski definition) is 4. The van der Waals surface area contributed by atoms with Crippen LogP contribution in [0.2, 0.25) is 0 Å². The van der Waals surface area contributed by atoms with Gasteiger partial charge in [0.2, 0.25) is 0 Å². The molecule has 0 amide bonds. The Kier molecular flexibility index (Phi) is 6.87. The molecule has 0 bridgehead atoms. The van der Waals surface area contributed by atoms with Crippen LogP contribution in [-0.2, 0) is 11.2 Å². The fourth-order valence-corrected chi connectivity index (χ4v) is 1.88. The first kappa shape index (κ1) is 16.3. The summed E-state index contributed by atoms with van der Waals surface area (Å²) in [4.78, 5) is 12.8. The van der Waals surface area contributed by atoms with Gasteiger partial charge in [0.05, 0.1) is 13.7 Å². The van der Waals surface area contributed by atoms with Crippen molar-refractivity contribution >= 4 is 5.97 Å². The minimum Gasteiger partial charge on any atom is -0.493 e. The molecule has 0 unspecified atom stereocenters. The summed E-state index contributed by atoms with van der Waals surface area (Å²) in [7, 11) is 5.62. The molecule has 0 saturated heterocycles. The lowest BCUT2D eigenvalue weighted by molar-refractivity contribution is -0.136. The number of benzene rings is 1. The predicted octanol–water partition coefficient (Wildman–Crippen LogP) is 2.04. The van der Waals surface area contributed by atoms with Crippen molar-refractivity contribution in [3.63, 3.8) is 0 Å². The van der Waals surface area contributed by atoms with Crippen molar-refractivity contribution in [3.8, 4) is 11.5 Å². The first-order chi connectivity index (χ1) is 9.54. The third kappa shape index (κ3) is 5.48. The van der Waals surface area contributed by atoms with Crippen molar-refractivity contribution in [2.75, 3.05) is 34.4 Å². The van der Waals surface area contributed by atoms with Crippen LogP contribution in [0.25, 0.3) is 0 Å². The van der Waals surface area contributed by atoms with Gasteiger partial charge < -0.3 is 19.5 Å². The van der Waals surface area contributed by atoms with E-state index < -0.39 is 5.97 Å². The number of rotatable bonds is 9. The second-order valence-electron chi connectivity index (χ2n) is 4.85. The van der Waals surface area contributed by atoms with E-state index in [9.17, 15) is 4.79 Å². The SMILES string of the molecule is COc1cccc(CCC(=O)O)c1OCCCN(C)C. The maximum absolute atomic E-state index is 10.7. The van der Waals surface area contributed by atoms with E-state index >= 15 is 0 Å². The standard InChI is InChI=1S/C15H23NO4/c1-16(2)10-5-11-20-15-12(8-9-14(17)18)6-4-7-13(15)19-3/h4,6-7H,5,8-11H2,1-3H3,(H,17,18). The number of carboxylic acid groups (broad SMARTS) is 1. The second-order valence-corrected chi connectivity index (χ2v) is 4.85. The van der Waals surface area contributed by atoms with Crippen LogP contribution in [0.1, 0.15) is 18.4 Å². The molecule has 1 aromatic rings. The van der Waals surface area contributed by atoms with Crippen LogP contribution in [-0.4, -0.2) is 50.3 Å². The lowest BCUT2D eigenvalue weighted by atomic mass is 10.1. The first-order valence-electron chi connectivity index (χ1n) is 6.69. The van der Waals surface area contributed by atoms with Gasteiger partial charge in [-0.3, -0.25) is 4.79 Å². The number of hydrogen-bond donors (Lipinski definition) is 1. The highest BCUT2D eigenvalue weighted by Crippen LogP contribution is 2.32. The number of aliphatic carboxylic acids is 1. The van der Waals surface area contributed by atoms with Gasteiger partial charge >= 0.3 is 5.97 Å². The molecule has 0 aliphatic carbocycles. The van der Waals surface area contributed by atoms with Crippen molar-refractivity contribution in [1.82, 2.24) is 4.90 Å². The number of para-hydroxylation sites is 1. The summed E-state index contributed by atoms with van der Waals surface area (Å²) in [5.41, 5.74) is 0.872. The maximum Gasteiger partial charge on any atom is 0.303 e. The van der Waals surface area contributed by atoms with Gasteiger partial charge in [-0.1, -0.05) is 12.1 Å². The zero-order valence-corrected chi connectivity index (χ0v) is 12.4. The van der Waals surface area contributed by atoms with E-state index in [2.05, 4.69) is 4.90 Å². The van der Waals surface area contributed by atoms with E-state index in [-0.39, 0.29) is 6.42 Å². The van der Waals surface area contributed by atoms with Crippen LogP contribution < -0.4 is 9.47 Å². The molecule has 1 aromatic carbocycles. The molecule has 112 valence electrons. The molecule has 1 N–H and O–H groups in total. The minimum atomic E-state index is -0.814. The van der Waals surface area contributed by atoms with Gasteiger partial charge in [-0.15, -0.1) is 0 Å². The molecular formula is C15H23NO4. The van der Waals surface area contributed by atoms with Crippen molar-refractivity contribution in [3.05, 3.63) is 23.8 Å². The van der Waals surface area contributed by atoms with E-state index in [4.69, 9.17) is 14.6 Å². The lowest BCUT2D eigenvalue weighted by Crippen LogP contribution is -2.16. The lowest BCUT2D eigenvalue weighted by Gasteiger charge is -2.15. The molecule has 0 fully saturated rings. The third-order valence-corrected chi connectivity index (χ3v) is 2.88. The molecule has 1 rings (SSSR count). The Morgan fingerprint density at radius 3 is 2.70 bits per heavy atom. The highest BCUT2D eigenvalue weighted by molar-refractivity contribution is 5.67. The highest BCUT2D eigenvalue weighted by atomic mass is 16.5. The van der Waals surface area contributed by atoms with E-state index in [0.29, 0.717) is 24.5 Å². The van der Waals surface area contributed by atoms with Crippen LogP contribution in [0.3, 0.4) is 0 Å². The third-order valence-electron chi connectivity index (χ3n) is 2.88. The fourth-order valence-electron chi connectivity index (χ4n) is 1.88. The average Bonchev–Trinajstić information content (AvgIpc) is 2.41. The summed E-state index contributed by atoms with van der Waals surface area (Å²) in [5, 5.41) is 8.79. The van der Waals surface area contributed by atoms with Gasteiger partial charge in [-0.2, -0.15) is 0 Å². The Morgan fingerprint density at radius 2 is 2.10 bits per heavy atom. The van der Waals surface area contributed by atoms with Crippen molar-refractivity contribution in [1.29, 1.82) is 0 Å². The van der Waals surface area contributed by atoms with Gasteiger partial charge in [0.15, 0.2) is 11.5 Å². The fraction of sp³-hybridized carbons (Fsp3) is 0.533. The Hall–Kier alpha value is -1.75. The van der Waals surface area contributed by atoms with Gasteiger partial charge in [0.1, 0.15) is 0 Å². The smallest absolute Gasteiger partial charge is 0.303 e. The highest BCUT2D eigenvalue weighted by Gasteiger charge is 2.11. The topological polar surface area (TPSA) is 59.0 Å². The second kappa shape index (κ2) is 8.43. The van der Waals surface area contributed by atoms with E-state index in [1.54, 1.807) is 7.11 Å². The monoisotopic (exact) mass is 281 g/mol. The number of carboxylic acids is 1. The molecule has 0 radical (unpaired) electrons. The molecule has 0 aliphatic heterocycles. The molecule has 0 saturated carbocycles. The van der Waals surface area contributed by atoms with Crippen LogP contribution in [0.5, 0.6) is 11.5 Å². The van der Waals surface area contributed by atoms with E-state index in [1.165, 1.54) is 0 Å². The number of methoxy groups -OCH3 is 1. The van der Waals surface area contributed by atoms with Crippen LogP contribution in [0, 0.1) is 0 Å². The molecule has 0 heterocycles. The summed E-state index contributed by atoms with van der Waals surface area (Å²) in [5.74, 6) is 0.499. The summed E-state index contributed by atoms with van der Waals surface area (Å²) in [6, 6.07) is 5.56. The zero-order chi connectivity index (χ0) is 15.0. The Labute approximate surface area is 120 Å². The van der Waals surface area contributed by atoms with Crippen LogP contribution in [0.15, 0.2) is 18.2 Å². The summed E-state index contributed by atoms with van der Waals surface area (Å²) in [6.07, 6.45) is 1.43. The van der Waals surface area contributed by atoms with Gasteiger partial charge in [-0.25, -0.2) is 0 Å².